The minimum atomic E-state index is -4.39. The molecule has 0 bridgehead atoms. The van der Waals surface area contributed by atoms with Crippen molar-refractivity contribution < 1.29 is 22.1 Å². The summed E-state index contributed by atoms with van der Waals surface area (Å²) in [6.45, 7) is -3.24. The molecule has 0 saturated carbocycles. The van der Waals surface area contributed by atoms with Crippen molar-refractivity contribution in [2.75, 3.05) is 0 Å². The molecule has 2 aromatic rings. The molecule has 0 amide bonds. The minimum absolute atomic E-state index is 0.152. The highest BCUT2D eigenvalue weighted by molar-refractivity contribution is 8.13. The third kappa shape index (κ3) is 3.16. The fourth-order valence-electron chi connectivity index (χ4n) is 1.56. The number of hydrogen-bond donors (Lipinski definition) is 0. The van der Waals surface area contributed by atoms with Crippen molar-refractivity contribution in [2.24, 2.45) is 0 Å². The predicted octanol–water partition coefficient (Wildman–Crippen LogP) is 1.36. The molecule has 21 heavy (non-hydrogen) atoms. The topological polar surface area (TPSA) is 113 Å². The van der Waals surface area contributed by atoms with Crippen LogP contribution in [0.25, 0.3) is 0 Å². The molecular formula is C8H6ClF2N5O4S. The van der Waals surface area contributed by atoms with Crippen molar-refractivity contribution in [3.63, 3.8) is 0 Å². The summed E-state index contributed by atoms with van der Waals surface area (Å²) in [6.07, 6.45) is 2.90. The number of halogens is 3. The van der Waals surface area contributed by atoms with E-state index >= 15 is 0 Å². The van der Waals surface area contributed by atoms with Crippen LogP contribution < -0.4 is 0 Å². The lowest BCUT2D eigenvalue weighted by atomic mass is 10.6. The zero-order valence-electron chi connectivity index (χ0n) is 9.93. The number of hydrogen-bond acceptors (Lipinski definition) is 6. The summed E-state index contributed by atoms with van der Waals surface area (Å²) in [5.41, 5.74) is 0. The summed E-state index contributed by atoms with van der Waals surface area (Å²) in [5, 5.41) is 14.1. The van der Waals surface area contributed by atoms with Crippen molar-refractivity contribution in [1.29, 1.82) is 0 Å². The van der Waals surface area contributed by atoms with Crippen LogP contribution in [0, 0.1) is 10.1 Å². The Morgan fingerprint density at radius 2 is 2.14 bits per heavy atom. The zero-order chi connectivity index (χ0) is 15.8. The van der Waals surface area contributed by atoms with Crippen LogP contribution in [0.3, 0.4) is 0 Å². The van der Waals surface area contributed by atoms with Gasteiger partial charge >= 0.3 is 12.4 Å². The van der Waals surface area contributed by atoms with Gasteiger partial charge in [0.2, 0.25) is 4.90 Å². The Labute approximate surface area is 120 Å². The molecule has 0 N–H and O–H groups in total. The maximum Gasteiger partial charge on any atom is 0.410 e. The fourth-order valence-corrected chi connectivity index (χ4v) is 2.47. The molecule has 0 radical (unpaired) electrons. The Hall–Kier alpha value is -2.08. The highest BCUT2D eigenvalue weighted by Crippen LogP contribution is 2.25. The van der Waals surface area contributed by atoms with Crippen LogP contribution in [0.5, 0.6) is 0 Å². The van der Waals surface area contributed by atoms with Crippen LogP contribution >= 0.6 is 10.7 Å². The molecule has 0 aliphatic rings. The van der Waals surface area contributed by atoms with E-state index in [4.69, 9.17) is 10.7 Å². The van der Waals surface area contributed by atoms with E-state index in [1.807, 2.05) is 0 Å². The Bertz CT molecular complexity index is 786. The van der Waals surface area contributed by atoms with Gasteiger partial charge in [-0.25, -0.2) is 13.4 Å². The summed E-state index contributed by atoms with van der Waals surface area (Å²) in [7, 11) is 0.667. The van der Waals surface area contributed by atoms with Gasteiger partial charge in [-0.15, -0.1) is 0 Å². The fraction of sp³-hybridized carbons (Fsp3) is 0.250. The van der Waals surface area contributed by atoms with Crippen molar-refractivity contribution in [3.8, 4) is 0 Å². The minimum Gasteiger partial charge on any atom is -0.358 e. The van der Waals surface area contributed by atoms with Gasteiger partial charge in [0.15, 0.2) is 0 Å². The van der Waals surface area contributed by atoms with E-state index in [0.717, 1.165) is 23.3 Å². The molecule has 0 saturated heterocycles. The monoisotopic (exact) mass is 341 g/mol. The van der Waals surface area contributed by atoms with E-state index < -0.39 is 31.2 Å². The molecule has 0 aliphatic carbocycles. The van der Waals surface area contributed by atoms with Crippen molar-refractivity contribution in [1.82, 2.24) is 19.3 Å². The number of alkyl halides is 2. The third-order valence-corrected chi connectivity index (χ3v) is 3.72. The van der Waals surface area contributed by atoms with Crippen molar-refractivity contribution in [3.05, 3.63) is 34.5 Å². The van der Waals surface area contributed by atoms with Crippen LogP contribution in [0.2, 0.25) is 0 Å². The van der Waals surface area contributed by atoms with Gasteiger partial charge in [0.05, 0.1) is 11.3 Å². The molecular weight excluding hydrogens is 336 g/mol. The first kappa shape index (κ1) is 15.3. The number of rotatable bonds is 5. The standard InChI is InChI=1S/C8H6ClF2N5O4S/c9-21(19,20)5-3-14(13-7(5)16(17)18)4-6-12-1-2-15(6)8(10)11/h1-3,8H,4H2. The lowest BCUT2D eigenvalue weighted by molar-refractivity contribution is -0.392. The van der Waals surface area contributed by atoms with Crippen molar-refractivity contribution >= 4 is 25.6 Å². The van der Waals surface area contributed by atoms with Gasteiger partial charge in [-0.05, 0) is 4.92 Å². The Kier molecular flexibility index (Phi) is 3.91. The van der Waals surface area contributed by atoms with Crippen LogP contribution in [0.1, 0.15) is 12.4 Å². The molecule has 13 heteroatoms. The summed E-state index contributed by atoms with van der Waals surface area (Å²) < 4.78 is 49.0. The molecule has 0 unspecified atom stereocenters. The van der Waals surface area contributed by atoms with Crippen LogP contribution in [-0.2, 0) is 15.6 Å². The summed E-state index contributed by atoms with van der Waals surface area (Å²) in [6, 6.07) is 0. The first-order valence-corrected chi connectivity index (χ1v) is 7.47. The molecule has 2 heterocycles. The Morgan fingerprint density at radius 1 is 1.48 bits per heavy atom. The van der Waals surface area contributed by atoms with E-state index in [2.05, 4.69) is 10.1 Å². The lowest BCUT2D eigenvalue weighted by Crippen LogP contribution is -2.09. The van der Waals surface area contributed by atoms with Gasteiger partial charge < -0.3 is 10.1 Å². The first-order chi connectivity index (χ1) is 9.70. The van der Waals surface area contributed by atoms with Gasteiger partial charge in [-0.2, -0.15) is 13.5 Å². The molecule has 0 atom stereocenters. The zero-order valence-corrected chi connectivity index (χ0v) is 11.5. The number of nitro groups is 1. The van der Waals surface area contributed by atoms with E-state index in [1.165, 1.54) is 0 Å². The number of aromatic nitrogens is 4. The number of imidazole rings is 1. The van der Waals surface area contributed by atoms with Crippen LogP contribution in [-0.4, -0.2) is 32.7 Å². The maximum atomic E-state index is 12.6. The van der Waals surface area contributed by atoms with E-state index in [-0.39, 0.29) is 12.4 Å². The SMILES string of the molecule is O=[N+]([O-])c1nn(Cc2nccn2C(F)F)cc1S(=O)(=O)Cl. The predicted molar refractivity (Wildman–Crippen MR) is 64.5 cm³/mol. The second kappa shape index (κ2) is 5.37. The molecule has 0 aromatic carbocycles. The second-order valence-corrected chi connectivity index (χ2v) is 6.27. The Balaban J connectivity index is 2.42. The maximum absolute atomic E-state index is 12.6. The Morgan fingerprint density at radius 3 is 2.62 bits per heavy atom. The molecule has 0 spiro atoms. The quantitative estimate of drug-likeness (QED) is 0.461. The van der Waals surface area contributed by atoms with E-state index in [1.54, 1.807) is 0 Å². The third-order valence-electron chi connectivity index (χ3n) is 2.41. The van der Waals surface area contributed by atoms with Gasteiger partial charge in [0, 0.05) is 23.1 Å². The summed E-state index contributed by atoms with van der Waals surface area (Å²) in [4.78, 5) is 12.5. The molecule has 0 aliphatic heterocycles. The first-order valence-electron chi connectivity index (χ1n) is 5.16. The lowest BCUT2D eigenvalue weighted by Gasteiger charge is -2.04. The molecule has 9 nitrogen and oxygen atoms in total. The highest BCUT2D eigenvalue weighted by atomic mass is 35.7. The highest BCUT2D eigenvalue weighted by Gasteiger charge is 2.30. The van der Waals surface area contributed by atoms with Crippen molar-refractivity contribution in [2.45, 2.75) is 18.0 Å². The van der Waals surface area contributed by atoms with Crippen LogP contribution in [0.4, 0.5) is 14.6 Å². The second-order valence-electron chi connectivity index (χ2n) is 3.74. The largest absolute Gasteiger partial charge is 0.410 e. The molecule has 0 fully saturated rings. The van der Waals surface area contributed by atoms with Gasteiger partial charge in [0.1, 0.15) is 12.4 Å². The molecule has 114 valence electrons. The average Bonchev–Trinajstić information content (AvgIpc) is 2.94. The number of nitrogens with zero attached hydrogens (tertiary/aromatic N) is 5. The molecule has 2 aromatic heterocycles. The van der Waals surface area contributed by atoms with Crippen LogP contribution in [0.15, 0.2) is 23.5 Å². The summed E-state index contributed by atoms with van der Waals surface area (Å²) >= 11 is 0. The van der Waals surface area contributed by atoms with Gasteiger partial charge in [0.25, 0.3) is 9.05 Å². The smallest absolute Gasteiger partial charge is 0.358 e. The van der Waals surface area contributed by atoms with E-state index in [9.17, 15) is 27.3 Å². The average molecular weight is 342 g/mol. The van der Waals surface area contributed by atoms with Gasteiger partial charge in [-0.3, -0.25) is 4.57 Å². The summed E-state index contributed by atoms with van der Waals surface area (Å²) in [5.74, 6) is -1.14. The van der Waals surface area contributed by atoms with Gasteiger partial charge in [-0.1, -0.05) is 0 Å². The normalized spacial score (nSPS) is 12.0. The van der Waals surface area contributed by atoms with E-state index in [0.29, 0.717) is 4.57 Å². The molecule has 2 rings (SSSR count).